The van der Waals surface area contributed by atoms with Crippen LogP contribution in [0.25, 0.3) is 0 Å². The number of carbonyl (C=O) groups excluding carboxylic acids is 1. The second kappa shape index (κ2) is 5.75. The summed E-state index contributed by atoms with van der Waals surface area (Å²) in [6, 6.07) is 5.20. The molecule has 0 saturated carbocycles. The van der Waals surface area contributed by atoms with Crippen molar-refractivity contribution in [2.75, 3.05) is 5.32 Å². The van der Waals surface area contributed by atoms with Gasteiger partial charge < -0.3 is 5.32 Å². The van der Waals surface area contributed by atoms with Gasteiger partial charge in [-0.1, -0.05) is 0 Å². The first kappa shape index (κ1) is 14.7. The summed E-state index contributed by atoms with van der Waals surface area (Å²) in [7, 11) is 0. The molecule has 1 unspecified atom stereocenters. The van der Waals surface area contributed by atoms with Gasteiger partial charge in [0.15, 0.2) is 0 Å². The molecule has 0 fully saturated rings. The van der Waals surface area contributed by atoms with Crippen LogP contribution in [-0.2, 0) is 4.79 Å². The van der Waals surface area contributed by atoms with Gasteiger partial charge in [-0.05, 0) is 61.8 Å². The first-order valence-electron chi connectivity index (χ1n) is 6.35. The van der Waals surface area contributed by atoms with E-state index in [1.165, 1.54) is 0 Å². The number of amides is 1. The number of anilines is 1. The zero-order valence-electron chi connectivity index (χ0n) is 11.9. The molecule has 2 rings (SSSR count). The summed E-state index contributed by atoms with van der Waals surface area (Å²) >= 11 is 3.38. The Morgan fingerprint density at radius 3 is 2.60 bits per heavy atom. The van der Waals surface area contributed by atoms with E-state index in [9.17, 15) is 4.79 Å². The van der Waals surface area contributed by atoms with Crippen LogP contribution in [0.4, 0.5) is 5.82 Å². The largest absolute Gasteiger partial charge is 0.309 e. The third-order valence-corrected chi connectivity index (χ3v) is 3.90. The van der Waals surface area contributed by atoms with Crippen molar-refractivity contribution in [3.05, 3.63) is 39.8 Å². The van der Waals surface area contributed by atoms with Crippen LogP contribution in [0.15, 0.2) is 22.7 Å². The number of hydrogen-bond acceptors (Lipinski definition) is 3. The molecule has 1 N–H and O–H groups in total. The van der Waals surface area contributed by atoms with Crippen LogP contribution < -0.4 is 5.32 Å². The number of aryl methyl sites for hydroxylation is 3. The number of nitrogens with one attached hydrogen (secondary N) is 1. The Hall–Kier alpha value is -1.69. The fraction of sp³-hybridized carbons (Fsp3) is 0.357. The molecule has 2 aromatic rings. The molecule has 1 atom stereocenters. The van der Waals surface area contributed by atoms with Gasteiger partial charge in [0, 0.05) is 10.2 Å². The standard InChI is InChI=1S/C14H17BrN4O/c1-8-7-9(2)19(18-8)11(4)14(20)17-13-6-5-12(15)10(3)16-13/h5-7,11H,1-4H3,(H,16,17,20). The lowest BCUT2D eigenvalue weighted by Crippen LogP contribution is -2.25. The van der Waals surface area contributed by atoms with E-state index in [2.05, 4.69) is 31.3 Å². The predicted molar refractivity (Wildman–Crippen MR) is 81.7 cm³/mol. The predicted octanol–water partition coefficient (Wildman–Crippen LogP) is 3.17. The number of aromatic nitrogens is 3. The summed E-state index contributed by atoms with van der Waals surface area (Å²) in [6.45, 7) is 7.55. The quantitative estimate of drug-likeness (QED) is 0.936. The second-order valence-electron chi connectivity index (χ2n) is 4.80. The molecule has 0 spiro atoms. The molecule has 0 aliphatic heterocycles. The van der Waals surface area contributed by atoms with E-state index in [1.807, 2.05) is 39.8 Å². The Balaban J connectivity index is 2.15. The van der Waals surface area contributed by atoms with Crippen molar-refractivity contribution in [1.82, 2.24) is 14.8 Å². The molecule has 0 aliphatic carbocycles. The highest BCUT2D eigenvalue weighted by atomic mass is 79.9. The van der Waals surface area contributed by atoms with E-state index in [-0.39, 0.29) is 11.9 Å². The molecule has 20 heavy (non-hydrogen) atoms. The molecule has 0 bridgehead atoms. The minimum Gasteiger partial charge on any atom is -0.309 e. The van der Waals surface area contributed by atoms with Gasteiger partial charge in [0.25, 0.3) is 0 Å². The van der Waals surface area contributed by atoms with Crippen molar-refractivity contribution < 1.29 is 4.79 Å². The molecular weight excluding hydrogens is 320 g/mol. The van der Waals surface area contributed by atoms with Gasteiger partial charge in [0.1, 0.15) is 11.9 Å². The molecule has 106 valence electrons. The van der Waals surface area contributed by atoms with Gasteiger partial charge in [0.05, 0.1) is 11.4 Å². The van der Waals surface area contributed by atoms with E-state index < -0.39 is 0 Å². The molecule has 2 aromatic heterocycles. The van der Waals surface area contributed by atoms with Gasteiger partial charge in [0.2, 0.25) is 5.91 Å². The number of halogens is 1. The summed E-state index contributed by atoms with van der Waals surface area (Å²) in [5.41, 5.74) is 2.70. The summed E-state index contributed by atoms with van der Waals surface area (Å²) in [5.74, 6) is 0.412. The normalized spacial score (nSPS) is 12.2. The Morgan fingerprint density at radius 1 is 1.35 bits per heavy atom. The number of hydrogen-bond donors (Lipinski definition) is 1. The van der Waals surface area contributed by atoms with Crippen LogP contribution in [-0.4, -0.2) is 20.7 Å². The van der Waals surface area contributed by atoms with Crippen molar-refractivity contribution in [1.29, 1.82) is 0 Å². The Bertz CT molecular complexity index is 651. The van der Waals surface area contributed by atoms with E-state index in [0.717, 1.165) is 21.6 Å². The summed E-state index contributed by atoms with van der Waals surface area (Å²) in [4.78, 5) is 16.6. The average Bonchev–Trinajstić information content (AvgIpc) is 2.72. The first-order chi connectivity index (χ1) is 9.38. The molecule has 6 heteroatoms. The van der Waals surface area contributed by atoms with Gasteiger partial charge in [-0.15, -0.1) is 0 Å². The molecule has 0 radical (unpaired) electrons. The molecule has 2 heterocycles. The van der Waals surface area contributed by atoms with Crippen LogP contribution in [0.2, 0.25) is 0 Å². The average molecular weight is 337 g/mol. The van der Waals surface area contributed by atoms with Gasteiger partial charge in [-0.25, -0.2) is 4.98 Å². The van der Waals surface area contributed by atoms with Gasteiger partial charge in [-0.3, -0.25) is 9.48 Å². The Labute approximate surface area is 126 Å². The molecule has 0 aliphatic rings. The second-order valence-corrected chi connectivity index (χ2v) is 5.65. The zero-order chi connectivity index (χ0) is 14.9. The van der Waals surface area contributed by atoms with Crippen molar-refractivity contribution in [3.63, 3.8) is 0 Å². The van der Waals surface area contributed by atoms with Crippen molar-refractivity contribution >= 4 is 27.7 Å². The van der Waals surface area contributed by atoms with Crippen LogP contribution >= 0.6 is 15.9 Å². The Morgan fingerprint density at radius 2 is 2.05 bits per heavy atom. The number of nitrogens with zero attached hydrogens (tertiary/aromatic N) is 3. The van der Waals surface area contributed by atoms with Crippen molar-refractivity contribution in [3.8, 4) is 0 Å². The number of carbonyl (C=O) groups is 1. The van der Waals surface area contributed by atoms with E-state index >= 15 is 0 Å². The third-order valence-electron chi connectivity index (χ3n) is 3.06. The maximum Gasteiger partial charge on any atom is 0.250 e. The van der Waals surface area contributed by atoms with Crippen molar-refractivity contribution in [2.45, 2.75) is 33.7 Å². The molecule has 1 amide bonds. The molecule has 0 saturated heterocycles. The molecule has 5 nitrogen and oxygen atoms in total. The third kappa shape index (κ3) is 3.07. The van der Waals surface area contributed by atoms with E-state index in [1.54, 1.807) is 10.7 Å². The zero-order valence-corrected chi connectivity index (χ0v) is 13.5. The Kier molecular flexibility index (Phi) is 4.23. The topological polar surface area (TPSA) is 59.8 Å². The lowest BCUT2D eigenvalue weighted by atomic mass is 10.3. The number of pyridine rings is 1. The van der Waals surface area contributed by atoms with E-state index in [4.69, 9.17) is 0 Å². The monoisotopic (exact) mass is 336 g/mol. The smallest absolute Gasteiger partial charge is 0.250 e. The minimum absolute atomic E-state index is 0.134. The highest BCUT2D eigenvalue weighted by Crippen LogP contribution is 2.18. The van der Waals surface area contributed by atoms with Crippen LogP contribution in [0.1, 0.15) is 30.0 Å². The van der Waals surface area contributed by atoms with Crippen molar-refractivity contribution in [2.24, 2.45) is 0 Å². The summed E-state index contributed by atoms with van der Waals surface area (Å²) < 4.78 is 2.64. The van der Waals surface area contributed by atoms with Crippen LogP contribution in [0.3, 0.4) is 0 Å². The number of rotatable bonds is 3. The highest BCUT2D eigenvalue weighted by Gasteiger charge is 2.18. The highest BCUT2D eigenvalue weighted by molar-refractivity contribution is 9.10. The summed E-state index contributed by atoms with van der Waals surface area (Å²) in [6.07, 6.45) is 0. The SMILES string of the molecule is Cc1cc(C)n(C(C)C(=O)Nc2ccc(Br)c(C)n2)n1. The van der Waals surface area contributed by atoms with E-state index in [0.29, 0.717) is 5.82 Å². The lowest BCUT2D eigenvalue weighted by Gasteiger charge is -2.14. The van der Waals surface area contributed by atoms with Gasteiger partial charge in [-0.2, -0.15) is 5.10 Å². The first-order valence-corrected chi connectivity index (χ1v) is 7.14. The van der Waals surface area contributed by atoms with Crippen LogP contribution in [0, 0.1) is 20.8 Å². The van der Waals surface area contributed by atoms with Gasteiger partial charge >= 0.3 is 0 Å². The fourth-order valence-corrected chi connectivity index (χ4v) is 2.21. The molecule has 0 aromatic carbocycles. The molecular formula is C14H17BrN4O. The van der Waals surface area contributed by atoms with Crippen LogP contribution in [0.5, 0.6) is 0 Å². The fourth-order valence-electron chi connectivity index (χ4n) is 1.99. The maximum absolute atomic E-state index is 12.2. The maximum atomic E-state index is 12.2. The minimum atomic E-state index is -0.380. The summed E-state index contributed by atoms with van der Waals surface area (Å²) in [5, 5.41) is 7.15. The lowest BCUT2D eigenvalue weighted by molar-refractivity contribution is -0.119.